The maximum atomic E-state index is 5.39. The number of nitrogens with one attached hydrogen (secondary N) is 1. The number of hydrogen-bond acceptors (Lipinski definition) is 4. The van der Waals surface area contributed by atoms with Crippen molar-refractivity contribution in [3.05, 3.63) is 23.8 Å². The predicted octanol–water partition coefficient (Wildman–Crippen LogP) is 2.43. The summed E-state index contributed by atoms with van der Waals surface area (Å²) in [7, 11) is 0. The Morgan fingerprint density at radius 1 is 1.38 bits per heavy atom. The van der Waals surface area contributed by atoms with Crippen molar-refractivity contribution in [1.82, 2.24) is 5.32 Å². The average molecular weight is 239 g/mol. The van der Waals surface area contributed by atoms with E-state index in [2.05, 4.69) is 30.6 Å². The van der Waals surface area contributed by atoms with E-state index in [9.17, 15) is 0 Å². The van der Waals surface area contributed by atoms with Gasteiger partial charge in [-0.05, 0) is 30.5 Å². The summed E-state index contributed by atoms with van der Waals surface area (Å²) >= 11 is 1.84. The Bertz CT molecular complexity index is 351. The highest BCUT2D eigenvalue weighted by atomic mass is 32.2. The molecule has 3 nitrogen and oxygen atoms in total. The van der Waals surface area contributed by atoms with Gasteiger partial charge in [0.05, 0.1) is 0 Å². The van der Waals surface area contributed by atoms with Crippen LogP contribution in [-0.2, 0) is 0 Å². The van der Waals surface area contributed by atoms with Crippen molar-refractivity contribution < 1.29 is 9.47 Å². The zero-order valence-corrected chi connectivity index (χ0v) is 10.5. The molecular formula is C12H17NO2S. The zero-order chi connectivity index (χ0) is 11.4. The number of rotatable bonds is 5. The van der Waals surface area contributed by atoms with Crippen LogP contribution in [0.15, 0.2) is 18.2 Å². The Morgan fingerprint density at radius 3 is 2.94 bits per heavy atom. The molecule has 1 atom stereocenters. The standard InChI is InChI=1S/C12H17NO2S/c1-3-13-10(7-16-2)9-4-5-11-12(6-9)15-8-14-11/h4-6,10,13H,3,7-8H2,1-2H3. The van der Waals surface area contributed by atoms with Gasteiger partial charge < -0.3 is 14.8 Å². The summed E-state index contributed by atoms with van der Waals surface area (Å²) in [6.07, 6.45) is 2.12. The largest absolute Gasteiger partial charge is 0.454 e. The van der Waals surface area contributed by atoms with E-state index in [1.54, 1.807) is 0 Å². The van der Waals surface area contributed by atoms with Crippen LogP contribution in [0, 0.1) is 0 Å². The van der Waals surface area contributed by atoms with E-state index in [4.69, 9.17) is 9.47 Å². The Hall–Kier alpha value is -0.870. The molecule has 1 aliphatic heterocycles. The van der Waals surface area contributed by atoms with Gasteiger partial charge in [-0.15, -0.1) is 0 Å². The molecular weight excluding hydrogens is 222 g/mol. The minimum Gasteiger partial charge on any atom is -0.454 e. The van der Waals surface area contributed by atoms with Gasteiger partial charge in [0, 0.05) is 11.8 Å². The molecule has 4 heteroatoms. The van der Waals surface area contributed by atoms with Gasteiger partial charge in [-0.2, -0.15) is 11.8 Å². The number of fused-ring (bicyclic) bond motifs is 1. The lowest BCUT2D eigenvalue weighted by atomic mass is 10.1. The van der Waals surface area contributed by atoms with E-state index < -0.39 is 0 Å². The van der Waals surface area contributed by atoms with Gasteiger partial charge in [0.2, 0.25) is 6.79 Å². The van der Waals surface area contributed by atoms with E-state index >= 15 is 0 Å². The third kappa shape index (κ3) is 2.44. The van der Waals surface area contributed by atoms with Gasteiger partial charge >= 0.3 is 0 Å². The molecule has 1 heterocycles. The van der Waals surface area contributed by atoms with Gasteiger partial charge in [0.25, 0.3) is 0 Å². The summed E-state index contributed by atoms with van der Waals surface area (Å²) in [4.78, 5) is 0. The maximum absolute atomic E-state index is 5.39. The van der Waals surface area contributed by atoms with Crippen LogP contribution >= 0.6 is 11.8 Å². The predicted molar refractivity (Wildman–Crippen MR) is 67.4 cm³/mol. The molecule has 0 saturated heterocycles. The fourth-order valence-electron chi connectivity index (χ4n) is 1.82. The highest BCUT2D eigenvalue weighted by Crippen LogP contribution is 2.34. The molecule has 0 radical (unpaired) electrons. The first kappa shape index (κ1) is 11.6. The second kappa shape index (κ2) is 5.46. The van der Waals surface area contributed by atoms with Crippen molar-refractivity contribution in [1.29, 1.82) is 0 Å². The molecule has 0 spiro atoms. The smallest absolute Gasteiger partial charge is 0.231 e. The first-order chi connectivity index (χ1) is 7.85. The van der Waals surface area contributed by atoms with Crippen molar-refractivity contribution in [2.45, 2.75) is 13.0 Å². The van der Waals surface area contributed by atoms with Crippen LogP contribution in [-0.4, -0.2) is 25.3 Å². The van der Waals surface area contributed by atoms with Crippen LogP contribution in [0.4, 0.5) is 0 Å². The lowest BCUT2D eigenvalue weighted by Crippen LogP contribution is -2.22. The SMILES string of the molecule is CCNC(CSC)c1ccc2c(c1)OCO2. The number of ether oxygens (including phenoxy) is 2. The molecule has 0 amide bonds. The van der Waals surface area contributed by atoms with Crippen LogP contribution in [0.25, 0.3) is 0 Å². The molecule has 1 aliphatic rings. The van der Waals surface area contributed by atoms with E-state index in [0.29, 0.717) is 12.8 Å². The Balaban J connectivity index is 2.17. The lowest BCUT2D eigenvalue weighted by molar-refractivity contribution is 0.174. The monoisotopic (exact) mass is 239 g/mol. The lowest BCUT2D eigenvalue weighted by Gasteiger charge is -2.17. The van der Waals surface area contributed by atoms with Crippen molar-refractivity contribution in [3.8, 4) is 11.5 Å². The molecule has 88 valence electrons. The van der Waals surface area contributed by atoms with Crippen molar-refractivity contribution >= 4 is 11.8 Å². The fourth-order valence-corrected chi connectivity index (χ4v) is 2.46. The normalized spacial score (nSPS) is 15.1. The molecule has 1 aromatic rings. The fraction of sp³-hybridized carbons (Fsp3) is 0.500. The van der Waals surface area contributed by atoms with Crippen LogP contribution < -0.4 is 14.8 Å². The number of benzene rings is 1. The zero-order valence-electron chi connectivity index (χ0n) is 9.66. The average Bonchev–Trinajstić information content (AvgIpc) is 2.75. The molecule has 1 unspecified atom stereocenters. The molecule has 0 saturated carbocycles. The summed E-state index contributed by atoms with van der Waals surface area (Å²) in [6.45, 7) is 3.44. The second-order valence-electron chi connectivity index (χ2n) is 3.68. The summed E-state index contributed by atoms with van der Waals surface area (Å²) in [5.74, 6) is 2.78. The summed E-state index contributed by atoms with van der Waals surface area (Å²) < 4.78 is 10.7. The van der Waals surface area contributed by atoms with Crippen LogP contribution in [0.3, 0.4) is 0 Å². The topological polar surface area (TPSA) is 30.5 Å². The maximum Gasteiger partial charge on any atom is 0.231 e. The molecule has 2 rings (SSSR count). The van der Waals surface area contributed by atoms with Crippen LogP contribution in [0.2, 0.25) is 0 Å². The summed E-state index contributed by atoms with van der Waals surface area (Å²) in [5.41, 5.74) is 1.26. The van der Waals surface area contributed by atoms with Crippen LogP contribution in [0.1, 0.15) is 18.5 Å². The molecule has 0 aromatic heterocycles. The molecule has 0 fully saturated rings. The Morgan fingerprint density at radius 2 is 2.19 bits per heavy atom. The molecule has 0 bridgehead atoms. The summed E-state index contributed by atoms with van der Waals surface area (Å²) in [5, 5.41) is 3.47. The molecule has 16 heavy (non-hydrogen) atoms. The Labute approximate surface area is 101 Å². The first-order valence-corrected chi connectivity index (χ1v) is 6.86. The first-order valence-electron chi connectivity index (χ1n) is 5.47. The molecule has 1 aromatic carbocycles. The van der Waals surface area contributed by atoms with Crippen molar-refractivity contribution in [2.24, 2.45) is 0 Å². The number of thioether (sulfide) groups is 1. The second-order valence-corrected chi connectivity index (χ2v) is 4.59. The third-order valence-electron chi connectivity index (χ3n) is 2.58. The van der Waals surface area contributed by atoms with Crippen molar-refractivity contribution in [3.63, 3.8) is 0 Å². The molecule has 1 N–H and O–H groups in total. The van der Waals surface area contributed by atoms with Crippen molar-refractivity contribution in [2.75, 3.05) is 25.3 Å². The number of hydrogen-bond donors (Lipinski definition) is 1. The van der Waals surface area contributed by atoms with Gasteiger partial charge in [-0.25, -0.2) is 0 Å². The van der Waals surface area contributed by atoms with Gasteiger partial charge in [0.1, 0.15) is 0 Å². The highest BCUT2D eigenvalue weighted by molar-refractivity contribution is 7.98. The van der Waals surface area contributed by atoms with Gasteiger partial charge in [-0.1, -0.05) is 13.0 Å². The van der Waals surface area contributed by atoms with Crippen LogP contribution in [0.5, 0.6) is 11.5 Å². The highest BCUT2D eigenvalue weighted by Gasteiger charge is 2.16. The van der Waals surface area contributed by atoms with E-state index in [-0.39, 0.29) is 0 Å². The minimum absolute atomic E-state index is 0.340. The van der Waals surface area contributed by atoms with E-state index in [0.717, 1.165) is 23.8 Å². The van der Waals surface area contributed by atoms with Gasteiger partial charge in [-0.3, -0.25) is 0 Å². The van der Waals surface area contributed by atoms with E-state index in [1.807, 2.05) is 17.8 Å². The molecule has 0 aliphatic carbocycles. The quantitative estimate of drug-likeness (QED) is 0.855. The van der Waals surface area contributed by atoms with Gasteiger partial charge in [0.15, 0.2) is 11.5 Å². The third-order valence-corrected chi connectivity index (χ3v) is 3.25. The summed E-state index contributed by atoms with van der Waals surface area (Å²) in [6, 6.07) is 6.56. The van der Waals surface area contributed by atoms with E-state index in [1.165, 1.54) is 5.56 Å². The Kier molecular flexibility index (Phi) is 3.96. The minimum atomic E-state index is 0.340.